The van der Waals surface area contributed by atoms with Crippen molar-refractivity contribution >= 4 is 23.0 Å². The first-order valence-electron chi connectivity index (χ1n) is 5.74. The fourth-order valence-corrected chi connectivity index (χ4v) is 1.86. The molecule has 2 rings (SSSR count). The van der Waals surface area contributed by atoms with Gasteiger partial charge in [0.15, 0.2) is 0 Å². The summed E-state index contributed by atoms with van der Waals surface area (Å²) in [7, 11) is 1.71. The molecule has 20 heavy (non-hydrogen) atoms. The molecule has 0 saturated carbocycles. The van der Waals surface area contributed by atoms with Crippen LogP contribution < -0.4 is 11.1 Å². The zero-order chi connectivity index (χ0) is 14.9. The fraction of sp³-hybridized carbons (Fsp3) is 0.167. The molecule has 0 saturated heterocycles. The summed E-state index contributed by atoms with van der Waals surface area (Å²) in [5.74, 6) is -0.597. The number of nitro benzene ring substituents is 1. The minimum atomic E-state index is -0.666. The van der Waals surface area contributed by atoms with Gasteiger partial charge in [0.05, 0.1) is 16.3 Å². The van der Waals surface area contributed by atoms with Crippen molar-refractivity contribution in [1.82, 2.24) is 9.78 Å². The summed E-state index contributed by atoms with van der Waals surface area (Å²) in [6, 6.07) is 4.23. The molecular weight excluding hydrogens is 262 g/mol. The van der Waals surface area contributed by atoms with E-state index in [0.717, 1.165) is 0 Å². The van der Waals surface area contributed by atoms with Crippen LogP contribution in [0.1, 0.15) is 16.1 Å². The number of nitrogens with zero attached hydrogens (tertiary/aromatic N) is 3. The second-order valence-electron chi connectivity index (χ2n) is 4.26. The molecule has 1 amide bonds. The van der Waals surface area contributed by atoms with Gasteiger partial charge in [0.25, 0.3) is 5.91 Å². The summed E-state index contributed by atoms with van der Waals surface area (Å²) in [6.07, 6.45) is 1.62. The molecular formula is C12H13N5O3. The number of nitrogen functional groups attached to an aromatic ring is 1. The number of hydrogen-bond acceptors (Lipinski definition) is 5. The maximum absolute atomic E-state index is 12.1. The number of carbonyl (C=O) groups is 1. The van der Waals surface area contributed by atoms with Crippen molar-refractivity contribution in [2.75, 3.05) is 11.1 Å². The third kappa shape index (κ3) is 2.44. The van der Waals surface area contributed by atoms with Crippen LogP contribution in [-0.4, -0.2) is 20.6 Å². The summed E-state index contributed by atoms with van der Waals surface area (Å²) in [5.41, 5.74) is 6.13. The highest BCUT2D eigenvalue weighted by Crippen LogP contribution is 2.26. The SMILES string of the molecule is Cc1nn(C)cc1NC(=O)c1cccc(N)c1[N+](=O)[O-]. The van der Waals surface area contributed by atoms with E-state index >= 15 is 0 Å². The number of carbonyl (C=O) groups excluding carboxylic acids is 1. The molecule has 1 aromatic carbocycles. The number of anilines is 2. The van der Waals surface area contributed by atoms with E-state index in [4.69, 9.17) is 5.73 Å². The van der Waals surface area contributed by atoms with Crippen molar-refractivity contribution in [2.24, 2.45) is 7.05 Å². The lowest BCUT2D eigenvalue weighted by atomic mass is 10.1. The van der Waals surface area contributed by atoms with E-state index in [0.29, 0.717) is 11.4 Å². The molecule has 2 aromatic rings. The Morgan fingerprint density at radius 1 is 1.50 bits per heavy atom. The largest absolute Gasteiger partial charge is 0.393 e. The summed E-state index contributed by atoms with van der Waals surface area (Å²) in [6.45, 7) is 1.73. The van der Waals surface area contributed by atoms with Crippen LogP contribution in [0.5, 0.6) is 0 Å². The second kappa shape index (κ2) is 5.00. The normalized spacial score (nSPS) is 10.3. The Kier molecular flexibility index (Phi) is 3.38. The average Bonchev–Trinajstić information content (AvgIpc) is 2.66. The molecule has 0 bridgehead atoms. The minimum Gasteiger partial charge on any atom is -0.393 e. The van der Waals surface area contributed by atoms with Crippen LogP contribution in [0.15, 0.2) is 24.4 Å². The molecule has 1 heterocycles. The quantitative estimate of drug-likeness (QED) is 0.500. The van der Waals surface area contributed by atoms with Crippen LogP contribution in [-0.2, 0) is 7.05 Å². The monoisotopic (exact) mass is 275 g/mol. The number of hydrogen-bond donors (Lipinski definition) is 2. The van der Waals surface area contributed by atoms with Gasteiger partial charge in [-0.25, -0.2) is 0 Å². The van der Waals surface area contributed by atoms with E-state index in [1.165, 1.54) is 18.2 Å². The van der Waals surface area contributed by atoms with Crippen LogP contribution in [0, 0.1) is 17.0 Å². The van der Waals surface area contributed by atoms with Crippen LogP contribution in [0.25, 0.3) is 0 Å². The van der Waals surface area contributed by atoms with Gasteiger partial charge < -0.3 is 11.1 Å². The Labute approximate surface area is 114 Å². The number of nitrogens with one attached hydrogen (secondary N) is 1. The fourth-order valence-electron chi connectivity index (χ4n) is 1.86. The molecule has 104 valence electrons. The highest BCUT2D eigenvalue weighted by atomic mass is 16.6. The van der Waals surface area contributed by atoms with Gasteiger partial charge in [0.2, 0.25) is 0 Å². The zero-order valence-electron chi connectivity index (χ0n) is 11.0. The maximum Gasteiger partial charge on any atom is 0.304 e. The summed E-state index contributed by atoms with van der Waals surface area (Å²) < 4.78 is 1.54. The standard InChI is InChI=1S/C12H13N5O3/c1-7-10(6-16(2)15-7)14-12(18)8-4-3-5-9(13)11(8)17(19)20/h3-6H,13H2,1-2H3,(H,14,18). The van der Waals surface area contributed by atoms with Gasteiger partial charge in [-0.05, 0) is 19.1 Å². The van der Waals surface area contributed by atoms with Crippen molar-refractivity contribution in [1.29, 1.82) is 0 Å². The summed E-state index contributed by atoms with van der Waals surface area (Å²) >= 11 is 0. The number of amides is 1. The van der Waals surface area contributed by atoms with E-state index in [2.05, 4.69) is 10.4 Å². The molecule has 3 N–H and O–H groups in total. The van der Waals surface area contributed by atoms with Crippen molar-refractivity contribution in [3.63, 3.8) is 0 Å². The van der Waals surface area contributed by atoms with Gasteiger partial charge in [0.1, 0.15) is 11.3 Å². The van der Waals surface area contributed by atoms with Gasteiger partial charge in [-0.2, -0.15) is 5.10 Å². The van der Waals surface area contributed by atoms with Gasteiger partial charge in [-0.3, -0.25) is 19.6 Å². The number of para-hydroxylation sites is 1. The Morgan fingerprint density at radius 3 is 2.75 bits per heavy atom. The lowest BCUT2D eigenvalue weighted by Crippen LogP contribution is -2.15. The first-order chi connectivity index (χ1) is 9.40. The number of nitrogens with two attached hydrogens (primary N) is 1. The average molecular weight is 275 g/mol. The number of aryl methyl sites for hydroxylation is 2. The van der Waals surface area contributed by atoms with Gasteiger partial charge >= 0.3 is 5.69 Å². The first kappa shape index (κ1) is 13.5. The summed E-state index contributed by atoms with van der Waals surface area (Å²) in [5, 5.41) is 17.7. The third-order valence-corrected chi connectivity index (χ3v) is 2.76. The smallest absolute Gasteiger partial charge is 0.304 e. The molecule has 0 aliphatic rings. The highest BCUT2D eigenvalue weighted by molar-refractivity contribution is 6.08. The van der Waals surface area contributed by atoms with E-state index in [1.807, 2.05) is 0 Å². The zero-order valence-corrected chi connectivity index (χ0v) is 11.0. The van der Waals surface area contributed by atoms with Crippen molar-refractivity contribution < 1.29 is 9.72 Å². The third-order valence-electron chi connectivity index (χ3n) is 2.76. The lowest BCUT2D eigenvalue weighted by molar-refractivity contribution is -0.384. The number of rotatable bonds is 3. The Morgan fingerprint density at radius 2 is 2.20 bits per heavy atom. The maximum atomic E-state index is 12.1. The van der Waals surface area contributed by atoms with Crippen molar-refractivity contribution in [2.45, 2.75) is 6.92 Å². The molecule has 0 aliphatic carbocycles. The molecule has 0 spiro atoms. The van der Waals surface area contributed by atoms with E-state index in [1.54, 1.807) is 24.9 Å². The molecule has 1 aromatic heterocycles. The van der Waals surface area contributed by atoms with Crippen molar-refractivity contribution in [3.8, 4) is 0 Å². The van der Waals surface area contributed by atoms with Gasteiger partial charge in [0, 0.05) is 13.2 Å². The minimum absolute atomic E-state index is 0.0504. The molecule has 0 aliphatic heterocycles. The van der Waals surface area contributed by atoms with E-state index < -0.39 is 16.5 Å². The van der Waals surface area contributed by atoms with Crippen LogP contribution in [0.2, 0.25) is 0 Å². The molecule has 0 atom stereocenters. The second-order valence-corrected chi connectivity index (χ2v) is 4.26. The highest BCUT2D eigenvalue weighted by Gasteiger charge is 2.23. The van der Waals surface area contributed by atoms with Crippen LogP contribution in [0.4, 0.5) is 17.1 Å². The molecule has 0 unspecified atom stereocenters. The molecule has 0 radical (unpaired) electrons. The lowest BCUT2D eigenvalue weighted by Gasteiger charge is -2.06. The van der Waals surface area contributed by atoms with Crippen LogP contribution >= 0.6 is 0 Å². The molecule has 0 fully saturated rings. The number of benzene rings is 1. The number of nitro groups is 1. The summed E-state index contributed by atoms with van der Waals surface area (Å²) in [4.78, 5) is 22.5. The van der Waals surface area contributed by atoms with E-state index in [9.17, 15) is 14.9 Å². The van der Waals surface area contributed by atoms with Crippen molar-refractivity contribution in [3.05, 3.63) is 45.8 Å². The van der Waals surface area contributed by atoms with Crippen LogP contribution in [0.3, 0.4) is 0 Å². The molecule has 8 heteroatoms. The topological polar surface area (TPSA) is 116 Å². The predicted molar refractivity (Wildman–Crippen MR) is 73.4 cm³/mol. The van der Waals surface area contributed by atoms with Gasteiger partial charge in [-0.15, -0.1) is 0 Å². The Balaban J connectivity index is 2.37. The molecule has 8 nitrogen and oxygen atoms in total. The van der Waals surface area contributed by atoms with E-state index in [-0.39, 0.29) is 11.3 Å². The number of aromatic nitrogens is 2. The van der Waals surface area contributed by atoms with Gasteiger partial charge in [-0.1, -0.05) is 6.07 Å². The Bertz CT molecular complexity index is 692. The predicted octanol–water partition coefficient (Wildman–Crippen LogP) is 1.47. The Hall–Kier alpha value is -2.90. The first-order valence-corrected chi connectivity index (χ1v) is 5.74.